The van der Waals surface area contributed by atoms with Crippen molar-refractivity contribution in [3.63, 3.8) is 0 Å². The molecule has 1 heterocycles. The van der Waals surface area contributed by atoms with Gasteiger partial charge in [0.25, 0.3) is 0 Å². The number of rotatable bonds is 2. The van der Waals surface area contributed by atoms with Crippen LogP contribution in [0.3, 0.4) is 0 Å². The van der Waals surface area contributed by atoms with Crippen LogP contribution >= 0.6 is 0 Å². The molecule has 0 saturated heterocycles. The van der Waals surface area contributed by atoms with Gasteiger partial charge in [-0.05, 0) is 25.1 Å². The van der Waals surface area contributed by atoms with Crippen molar-refractivity contribution in [2.45, 2.75) is 12.6 Å². The second kappa shape index (κ2) is 7.01. The smallest absolute Gasteiger partial charge is 0.410 e. The summed E-state index contributed by atoms with van der Waals surface area (Å²) in [4.78, 5) is 19.0. The van der Waals surface area contributed by atoms with E-state index in [0.717, 1.165) is 11.1 Å². The Morgan fingerprint density at radius 1 is 0.964 bits per heavy atom. The number of anilines is 1. The first-order valence-electron chi connectivity index (χ1n) is 8.85. The predicted molar refractivity (Wildman–Crippen MR) is 107 cm³/mol. The number of ether oxygens (including phenoxy) is 1. The minimum absolute atomic E-state index is 0.406. The van der Waals surface area contributed by atoms with E-state index >= 15 is 0 Å². The molecule has 0 aliphatic carbocycles. The number of carbonyl (C=O) groups excluding carboxylic acids is 1. The first kappa shape index (κ1) is 17.5. The van der Waals surface area contributed by atoms with Crippen molar-refractivity contribution >= 4 is 17.5 Å². The zero-order valence-corrected chi connectivity index (χ0v) is 15.2. The van der Waals surface area contributed by atoms with E-state index in [1.54, 1.807) is 37.3 Å². The first-order chi connectivity index (χ1) is 13.6. The average Bonchev–Trinajstić information content (AvgIpc) is 2.74. The van der Waals surface area contributed by atoms with Crippen LogP contribution in [0.2, 0.25) is 0 Å². The van der Waals surface area contributed by atoms with Crippen LogP contribution in [-0.4, -0.2) is 17.5 Å². The molecule has 136 valence electrons. The Hall–Kier alpha value is -3.91. The Labute approximate surface area is 163 Å². The van der Waals surface area contributed by atoms with Crippen molar-refractivity contribution in [1.82, 2.24) is 0 Å². The van der Waals surface area contributed by atoms with Gasteiger partial charge in [0.1, 0.15) is 11.8 Å². The van der Waals surface area contributed by atoms with Crippen LogP contribution in [0.4, 0.5) is 10.5 Å². The van der Waals surface area contributed by atoms with Crippen molar-refractivity contribution in [3.05, 3.63) is 96.1 Å². The molecular formula is C23H17N3O2. The fourth-order valence-corrected chi connectivity index (χ4v) is 3.23. The molecule has 0 N–H and O–H groups in total. The van der Waals surface area contributed by atoms with Gasteiger partial charge in [0.15, 0.2) is 0 Å². The Bertz CT molecular complexity index is 1090. The zero-order valence-electron chi connectivity index (χ0n) is 15.2. The quantitative estimate of drug-likeness (QED) is 0.654. The number of benzene rings is 3. The van der Waals surface area contributed by atoms with Gasteiger partial charge >= 0.3 is 6.09 Å². The van der Waals surface area contributed by atoms with E-state index < -0.39 is 11.8 Å². The summed E-state index contributed by atoms with van der Waals surface area (Å²) in [5.41, 5.74) is 1.47. The lowest BCUT2D eigenvalue weighted by Gasteiger charge is -2.37. The van der Waals surface area contributed by atoms with E-state index in [-0.39, 0.29) is 0 Å². The molecule has 0 fully saturated rings. The largest absolute Gasteiger partial charge is 0.422 e. The second-order valence-corrected chi connectivity index (χ2v) is 6.49. The molecule has 28 heavy (non-hydrogen) atoms. The summed E-state index contributed by atoms with van der Waals surface area (Å²) in [6, 6.07) is 28.0. The predicted octanol–water partition coefficient (Wildman–Crippen LogP) is 4.78. The second-order valence-electron chi connectivity index (χ2n) is 6.49. The van der Waals surface area contributed by atoms with Crippen LogP contribution in [0.5, 0.6) is 5.75 Å². The molecule has 3 aromatic rings. The molecule has 0 unspecified atom stereocenters. The van der Waals surface area contributed by atoms with Gasteiger partial charge in [-0.15, -0.1) is 0 Å². The summed E-state index contributed by atoms with van der Waals surface area (Å²) >= 11 is 0. The summed E-state index contributed by atoms with van der Waals surface area (Å²) in [6.45, 7) is 1.61. The number of para-hydroxylation sites is 2. The SMILES string of the molecule is C[C@@]1(C#N)N=C(c2ccccc2)c2ccccc2N1C(=O)Oc1ccccc1. The lowest BCUT2D eigenvalue weighted by Crippen LogP contribution is -2.52. The monoisotopic (exact) mass is 367 g/mol. The highest BCUT2D eigenvalue weighted by atomic mass is 16.6. The number of hydrogen-bond acceptors (Lipinski definition) is 4. The van der Waals surface area contributed by atoms with Gasteiger partial charge in [0.05, 0.1) is 11.4 Å². The van der Waals surface area contributed by atoms with Gasteiger partial charge in [-0.3, -0.25) is 0 Å². The fraction of sp³-hybridized carbons (Fsp3) is 0.0870. The highest BCUT2D eigenvalue weighted by Gasteiger charge is 2.43. The highest BCUT2D eigenvalue weighted by molar-refractivity contribution is 6.19. The topological polar surface area (TPSA) is 65.7 Å². The molecule has 0 radical (unpaired) electrons. The van der Waals surface area contributed by atoms with Crippen LogP contribution < -0.4 is 9.64 Å². The molecular weight excluding hydrogens is 350 g/mol. The molecule has 1 aliphatic rings. The third-order valence-electron chi connectivity index (χ3n) is 4.55. The minimum Gasteiger partial charge on any atom is -0.410 e. The molecule has 0 saturated carbocycles. The van der Waals surface area contributed by atoms with Crippen LogP contribution in [0.15, 0.2) is 89.9 Å². The molecule has 5 heteroatoms. The summed E-state index contributed by atoms with van der Waals surface area (Å²) < 4.78 is 5.52. The van der Waals surface area contributed by atoms with Crippen LogP contribution in [0.25, 0.3) is 0 Å². The zero-order chi connectivity index (χ0) is 19.6. The highest BCUT2D eigenvalue weighted by Crippen LogP contribution is 2.36. The number of hydrogen-bond donors (Lipinski definition) is 0. The van der Waals surface area contributed by atoms with Crippen molar-refractivity contribution in [1.29, 1.82) is 5.26 Å². The number of carbonyl (C=O) groups is 1. The van der Waals surface area contributed by atoms with E-state index in [1.165, 1.54) is 4.90 Å². The minimum atomic E-state index is -1.44. The lowest BCUT2D eigenvalue weighted by atomic mass is 9.95. The van der Waals surface area contributed by atoms with E-state index in [2.05, 4.69) is 11.1 Å². The normalized spacial score (nSPS) is 17.9. The van der Waals surface area contributed by atoms with Gasteiger partial charge in [0.2, 0.25) is 5.66 Å². The van der Waals surface area contributed by atoms with Crippen LogP contribution in [0.1, 0.15) is 18.1 Å². The molecule has 5 nitrogen and oxygen atoms in total. The Balaban J connectivity index is 1.83. The Morgan fingerprint density at radius 3 is 2.25 bits per heavy atom. The third kappa shape index (κ3) is 3.01. The van der Waals surface area contributed by atoms with E-state index in [9.17, 15) is 10.1 Å². The van der Waals surface area contributed by atoms with Crippen LogP contribution in [0, 0.1) is 11.3 Å². The summed E-state index contributed by atoms with van der Waals surface area (Å²) in [6.07, 6.45) is -0.654. The van der Waals surface area contributed by atoms with E-state index in [4.69, 9.17) is 4.74 Å². The Morgan fingerprint density at radius 2 is 1.57 bits per heavy atom. The number of amides is 1. The maximum Gasteiger partial charge on any atom is 0.422 e. The van der Waals surface area contributed by atoms with E-state index in [0.29, 0.717) is 17.1 Å². The molecule has 0 bridgehead atoms. The van der Waals surface area contributed by atoms with Gasteiger partial charge in [-0.1, -0.05) is 66.7 Å². The van der Waals surface area contributed by atoms with E-state index in [1.807, 2.05) is 54.6 Å². The molecule has 1 amide bonds. The first-order valence-corrected chi connectivity index (χ1v) is 8.85. The third-order valence-corrected chi connectivity index (χ3v) is 4.55. The van der Waals surface area contributed by atoms with Crippen molar-refractivity contribution < 1.29 is 9.53 Å². The fourth-order valence-electron chi connectivity index (χ4n) is 3.23. The molecule has 0 aromatic heterocycles. The average molecular weight is 367 g/mol. The standard InChI is InChI=1S/C23H17N3O2/c1-23(16-24)25-21(17-10-4-2-5-11-17)19-14-8-9-15-20(19)26(23)22(27)28-18-12-6-3-7-13-18/h2-15H,1H3/t23-/m1/s1. The Kier molecular flexibility index (Phi) is 4.38. The van der Waals surface area contributed by atoms with Gasteiger partial charge in [-0.25, -0.2) is 14.7 Å². The number of nitriles is 1. The number of fused-ring (bicyclic) bond motifs is 1. The van der Waals surface area contributed by atoms with Gasteiger partial charge in [-0.2, -0.15) is 5.26 Å². The molecule has 0 spiro atoms. The maximum absolute atomic E-state index is 13.0. The number of nitrogens with zero attached hydrogens (tertiary/aromatic N) is 3. The summed E-state index contributed by atoms with van der Waals surface area (Å²) in [5.74, 6) is 0.406. The maximum atomic E-state index is 13.0. The van der Waals surface area contributed by atoms with Crippen LogP contribution in [-0.2, 0) is 0 Å². The summed E-state index contributed by atoms with van der Waals surface area (Å²) in [7, 11) is 0. The van der Waals surface area contributed by atoms with Crippen molar-refractivity contribution in [2.75, 3.05) is 4.90 Å². The van der Waals surface area contributed by atoms with Gasteiger partial charge < -0.3 is 4.74 Å². The molecule has 1 atom stereocenters. The van der Waals surface area contributed by atoms with Crippen molar-refractivity contribution in [3.8, 4) is 11.8 Å². The summed E-state index contributed by atoms with van der Waals surface area (Å²) in [5, 5.41) is 9.92. The molecule has 1 aliphatic heterocycles. The molecule has 4 rings (SSSR count). The van der Waals surface area contributed by atoms with Gasteiger partial charge in [0, 0.05) is 11.1 Å². The van der Waals surface area contributed by atoms with Crippen molar-refractivity contribution in [2.24, 2.45) is 4.99 Å². The molecule has 3 aromatic carbocycles. The number of aliphatic imine (C=N–C) groups is 1. The lowest BCUT2D eigenvalue weighted by molar-refractivity contribution is 0.202.